The molecule has 18 heavy (non-hydrogen) atoms. The lowest BCUT2D eigenvalue weighted by atomic mass is 10.0. The molecule has 1 aromatic carbocycles. The van der Waals surface area contributed by atoms with Gasteiger partial charge < -0.3 is 5.32 Å². The largest absolute Gasteiger partial charge is 0.353 e. The van der Waals surface area contributed by atoms with Crippen molar-refractivity contribution >= 4 is 5.91 Å². The molecule has 0 heterocycles. The highest BCUT2D eigenvalue weighted by atomic mass is 16.1. The van der Waals surface area contributed by atoms with E-state index in [0.29, 0.717) is 0 Å². The second-order valence-electron chi connectivity index (χ2n) is 5.42. The van der Waals surface area contributed by atoms with Gasteiger partial charge in [-0.1, -0.05) is 43.2 Å². The maximum Gasteiger partial charge on any atom is 0.223 e. The number of rotatable bonds is 5. The minimum absolute atomic E-state index is 0.271. The van der Waals surface area contributed by atoms with Crippen LogP contribution in [-0.4, -0.2) is 11.9 Å². The molecule has 0 bridgehead atoms. The molecule has 2 heteroatoms. The molecule has 2 nitrogen and oxygen atoms in total. The lowest BCUT2D eigenvalue weighted by Crippen LogP contribution is -2.36. The molecule has 0 aliphatic heterocycles. The fourth-order valence-electron chi connectivity index (χ4n) is 2.65. The molecule has 1 fully saturated rings. The van der Waals surface area contributed by atoms with Crippen molar-refractivity contribution < 1.29 is 4.79 Å². The Morgan fingerprint density at radius 2 is 1.94 bits per heavy atom. The number of carbonyl (C=O) groups excluding carboxylic acids is 1. The third-order valence-corrected chi connectivity index (χ3v) is 3.82. The Labute approximate surface area is 110 Å². The van der Waals surface area contributed by atoms with Crippen LogP contribution >= 0.6 is 0 Å². The average Bonchev–Trinajstić information content (AvgIpc) is 2.91. The average molecular weight is 245 g/mol. The zero-order chi connectivity index (χ0) is 12.8. The quantitative estimate of drug-likeness (QED) is 0.847. The van der Waals surface area contributed by atoms with Gasteiger partial charge in [0.05, 0.1) is 0 Å². The lowest BCUT2D eigenvalue weighted by molar-refractivity contribution is -0.125. The first kappa shape index (κ1) is 13.1. The standard InChI is InChI=1S/C16H23NO/c1-13(11-12-14-7-3-2-4-8-14)17-16(18)15-9-5-6-10-15/h2-4,7-8,13,15H,5-6,9-12H2,1H3,(H,17,18)/t13-/m0/s1. The summed E-state index contributed by atoms with van der Waals surface area (Å²) in [7, 11) is 0. The maximum atomic E-state index is 12.0. The zero-order valence-corrected chi connectivity index (χ0v) is 11.2. The van der Waals surface area contributed by atoms with E-state index < -0.39 is 0 Å². The van der Waals surface area contributed by atoms with Gasteiger partial charge in [0.1, 0.15) is 0 Å². The number of amides is 1. The van der Waals surface area contributed by atoms with Crippen molar-refractivity contribution in [2.45, 2.75) is 51.5 Å². The van der Waals surface area contributed by atoms with Crippen molar-refractivity contribution in [3.05, 3.63) is 35.9 Å². The van der Waals surface area contributed by atoms with Crippen LogP contribution in [0.25, 0.3) is 0 Å². The van der Waals surface area contributed by atoms with Gasteiger partial charge in [-0.05, 0) is 38.2 Å². The Kier molecular flexibility index (Phi) is 4.80. The molecule has 0 unspecified atom stereocenters. The van der Waals surface area contributed by atoms with E-state index in [4.69, 9.17) is 0 Å². The molecule has 1 aliphatic carbocycles. The number of benzene rings is 1. The van der Waals surface area contributed by atoms with Gasteiger partial charge in [-0.2, -0.15) is 0 Å². The van der Waals surface area contributed by atoms with Crippen molar-refractivity contribution in [1.82, 2.24) is 5.32 Å². The van der Waals surface area contributed by atoms with Crippen molar-refractivity contribution in [1.29, 1.82) is 0 Å². The highest BCUT2D eigenvalue weighted by Crippen LogP contribution is 2.24. The minimum atomic E-state index is 0.271. The summed E-state index contributed by atoms with van der Waals surface area (Å²) in [5, 5.41) is 3.15. The van der Waals surface area contributed by atoms with Gasteiger partial charge in [0.25, 0.3) is 0 Å². The van der Waals surface area contributed by atoms with Crippen LogP contribution in [0.2, 0.25) is 0 Å². The van der Waals surface area contributed by atoms with Crippen LogP contribution in [-0.2, 0) is 11.2 Å². The Hall–Kier alpha value is -1.31. The number of hydrogen-bond donors (Lipinski definition) is 1. The monoisotopic (exact) mass is 245 g/mol. The predicted octanol–water partition coefficient (Wildman–Crippen LogP) is 3.31. The number of carbonyl (C=O) groups is 1. The van der Waals surface area contributed by atoms with Gasteiger partial charge >= 0.3 is 0 Å². The summed E-state index contributed by atoms with van der Waals surface area (Å²) in [6.45, 7) is 2.11. The summed E-state index contributed by atoms with van der Waals surface area (Å²) in [4.78, 5) is 12.0. The van der Waals surface area contributed by atoms with Crippen LogP contribution in [0, 0.1) is 5.92 Å². The van der Waals surface area contributed by atoms with Crippen LogP contribution in [0.5, 0.6) is 0 Å². The Bertz CT molecular complexity index is 368. The van der Waals surface area contributed by atoms with Gasteiger partial charge in [-0.3, -0.25) is 4.79 Å². The topological polar surface area (TPSA) is 29.1 Å². The van der Waals surface area contributed by atoms with E-state index in [1.165, 1.54) is 18.4 Å². The Balaban J connectivity index is 1.71. The van der Waals surface area contributed by atoms with E-state index in [9.17, 15) is 4.79 Å². The number of hydrogen-bond acceptors (Lipinski definition) is 1. The van der Waals surface area contributed by atoms with Crippen LogP contribution in [0.1, 0.15) is 44.6 Å². The second kappa shape index (κ2) is 6.58. The molecular formula is C16H23NO. The van der Waals surface area contributed by atoms with Gasteiger partial charge in [-0.25, -0.2) is 0 Å². The highest BCUT2D eigenvalue weighted by molar-refractivity contribution is 5.79. The first-order chi connectivity index (χ1) is 8.75. The fourth-order valence-corrected chi connectivity index (χ4v) is 2.65. The van der Waals surface area contributed by atoms with Crippen LogP contribution in [0.15, 0.2) is 30.3 Å². The summed E-state index contributed by atoms with van der Waals surface area (Å²) in [6.07, 6.45) is 6.65. The van der Waals surface area contributed by atoms with Gasteiger partial charge in [0.15, 0.2) is 0 Å². The number of aryl methyl sites for hydroxylation is 1. The Morgan fingerprint density at radius 3 is 2.61 bits per heavy atom. The van der Waals surface area contributed by atoms with Crippen LogP contribution in [0.3, 0.4) is 0 Å². The number of nitrogens with one attached hydrogen (secondary N) is 1. The molecule has 1 amide bonds. The fraction of sp³-hybridized carbons (Fsp3) is 0.562. The minimum Gasteiger partial charge on any atom is -0.353 e. The van der Waals surface area contributed by atoms with Gasteiger partial charge in [-0.15, -0.1) is 0 Å². The molecule has 98 valence electrons. The van der Waals surface area contributed by atoms with Crippen LogP contribution < -0.4 is 5.32 Å². The third-order valence-electron chi connectivity index (χ3n) is 3.82. The SMILES string of the molecule is C[C@@H](CCc1ccccc1)NC(=O)C1CCCC1. The Morgan fingerprint density at radius 1 is 1.28 bits per heavy atom. The molecule has 1 atom stereocenters. The predicted molar refractivity (Wildman–Crippen MR) is 74.3 cm³/mol. The first-order valence-corrected chi connectivity index (χ1v) is 7.10. The molecule has 0 aromatic heterocycles. The second-order valence-corrected chi connectivity index (χ2v) is 5.42. The van der Waals surface area contributed by atoms with Crippen molar-refractivity contribution in [2.75, 3.05) is 0 Å². The molecular weight excluding hydrogens is 222 g/mol. The molecule has 2 rings (SSSR count). The van der Waals surface area contributed by atoms with E-state index in [0.717, 1.165) is 25.7 Å². The van der Waals surface area contributed by atoms with Crippen molar-refractivity contribution in [3.8, 4) is 0 Å². The molecule has 1 N–H and O–H groups in total. The van der Waals surface area contributed by atoms with Crippen molar-refractivity contribution in [3.63, 3.8) is 0 Å². The van der Waals surface area contributed by atoms with Gasteiger partial charge in [0.2, 0.25) is 5.91 Å². The summed E-state index contributed by atoms with van der Waals surface area (Å²) >= 11 is 0. The van der Waals surface area contributed by atoms with Crippen molar-refractivity contribution in [2.24, 2.45) is 5.92 Å². The lowest BCUT2D eigenvalue weighted by Gasteiger charge is -2.17. The van der Waals surface area contributed by atoms with E-state index in [-0.39, 0.29) is 17.9 Å². The molecule has 1 saturated carbocycles. The molecule has 0 radical (unpaired) electrons. The molecule has 0 spiro atoms. The van der Waals surface area contributed by atoms with E-state index in [1.54, 1.807) is 0 Å². The first-order valence-electron chi connectivity index (χ1n) is 7.10. The summed E-state index contributed by atoms with van der Waals surface area (Å²) in [5.41, 5.74) is 1.35. The summed E-state index contributed by atoms with van der Waals surface area (Å²) in [6, 6.07) is 10.7. The molecule has 1 aromatic rings. The molecule has 1 aliphatic rings. The highest BCUT2D eigenvalue weighted by Gasteiger charge is 2.23. The third kappa shape index (κ3) is 3.86. The molecule has 0 saturated heterocycles. The van der Waals surface area contributed by atoms with E-state index in [2.05, 4.69) is 36.5 Å². The van der Waals surface area contributed by atoms with Crippen LogP contribution in [0.4, 0.5) is 0 Å². The summed E-state index contributed by atoms with van der Waals surface area (Å²) in [5.74, 6) is 0.553. The normalized spacial score (nSPS) is 17.6. The summed E-state index contributed by atoms with van der Waals surface area (Å²) < 4.78 is 0. The van der Waals surface area contributed by atoms with E-state index >= 15 is 0 Å². The maximum absolute atomic E-state index is 12.0. The zero-order valence-electron chi connectivity index (χ0n) is 11.2. The van der Waals surface area contributed by atoms with Gasteiger partial charge in [0, 0.05) is 12.0 Å². The smallest absolute Gasteiger partial charge is 0.223 e. The van der Waals surface area contributed by atoms with E-state index in [1.807, 2.05) is 6.07 Å².